The molecule has 0 N–H and O–H groups in total. The van der Waals surface area contributed by atoms with Crippen LogP contribution < -0.4 is 4.74 Å². The lowest BCUT2D eigenvalue weighted by molar-refractivity contribution is -0.870. The summed E-state index contributed by atoms with van der Waals surface area (Å²) in [6.07, 6.45) is 4.11. The normalized spacial score (nSPS) is 12.0. The molecule has 1 rings (SSSR count). The Labute approximate surface area is 98.7 Å². The molecule has 0 unspecified atom stereocenters. The summed E-state index contributed by atoms with van der Waals surface area (Å²) in [4.78, 5) is 0. The first-order valence-corrected chi connectivity index (χ1v) is 5.67. The van der Waals surface area contributed by atoms with E-state index in [9.17, 15) is 0 Å². The zero-order valence-electron chi connectivity index (χ0n) is 10.7. The molecule has 1 aromatic carbocycles. The summed E-state index contributed by atoms with van der Waals surface area (Å²) in [5, 5.41) is 0. The van der Waals surface area contributed by atoms with E-state index in [1.807, 2.05) is 25.1 Å². The van der Waals surface area contributed by atoms with Crippen molar-refractivity contribution in [2.75, 3.05) is 34.3 Å². The van der Waals surface area contributed by atoms with E-state index < -0.39 is 0 Å². The van der Waals surface area contributed by atoms with Gasteiger partial charge in [0, 0.05) is 0 Å². The average molecular weight is 220 g/mol. The number of rotatable bonds is 5. The molecule has 0 radical (unpaired) electrons. The minimum atomic E-state index is 0.753. The Hall–Kier alpha value is -1.28. The van der Waals surface area contributed by atoms with Crippen LogP contribution in [0.2, 0.25) is 0 Å². The highest BCUT2D eigenvalue weighted by atomic mass is 16.5. The Morgan fingerprint density at radius 1 is 1.25 bits per heavy atom. The standard InChI is InChI=1S/C14H22NO/c1-5-7-13-8-6-9-14(12-13)16-11-10-15(2,3)4/h5-9,12H,10-11H2,1-4H3/q+1. The van der Waals surface area contributed by atoms with Crippen molar-refractivity contribution in [2.45, 2.75) is 6.92 Å². The lowest BCUT2D eigenvalue weighted by Gasteiger charge is -2.23. The fourth-order valence-corrected chi connectivity index (χ4v) is 1.34. The van der Waals surface area contributed by atoms with Crippen LogP contribution in [-0.2, 0) is 0 Å². The van der Waals surface area contributed by atoms with E-state index in [-0.39, 0.29) is 0 Å². The molecule has 1 aromatic rings. The minimum Gasteiger partial charge on any atom is -0.488 e. The molecule has 0 aliphatic heterocycles. The van der Waals surface area contributed by atoms with Crippen molar-refractivity contribution in [3.63, 3.8) is 0 Å². The summed E-state index contributed by atoms with van der Waals surface area (Å²) in [6, 6.07) is 8.17. The van der Waals surface area contributed by atoms with Crippen molar-refractivity contribution >= 4 is 6.08 Å². The van der Waals surface area contributed by atoms with Gasteiger partial charge in [-0.15, -0.1) is 0 Å². The molecule has 0 aromatic heterocycles. The van der Waals surface area contributed by atoms with Gasteiger partial charge in [-0.3, -0.25) is 0 Å². The molecule has 0 saturated carbocycles. The molecule has 0 bridgehead atoms. The maximum absolute atomic E-state index is 5.72. The summed E-state index contributed by atoms with van der Waals surface area (Å²) in [7, 11) is 6.50. The van der Waals surface area contributed by atoms with Crippen molar-refractivity contribution in [2.24, 2.45) is 0 Å². The van der Waals surface area contributed by atoms with E-state index in [1.165, 1.54) is 5.56 Å². The largest absolute Gasteiger partial charge is 0.488 e. The fraction of sp³-hybridized carbons (Fsp3) is 0.429. The number of allylic oxidation sites excluding steroid dienone is 1. The van der Waals surface area contributed by atoms with E-state index in [4.69, 9.17) is 4.74 Å². The Balaban J connectivity index is 2.51. The quantitative estimate of drug-likeness (QED) is 0.693. The second kappa shape index (κ2) is 5.71. The second-order valence-electron chi connectivity index (χ2n) is 4.93. The molecule has 0 amide bonds. The molecule has 88 valence electrons. The molecule has 16 heavy (non-hydrogen) atoms. The predicted molar refractivity (Wildman–Crippen MR) is 69.5 cm³/mol. The Bertz CT molecular complexity index is 350. The highest BCUT2D eigenvalue weighted by molar-refractivity contribution is 5.51. The van der Waals surface area contributed by atoms with E-state index in [0.717, 1.165) is 23.4 Å². The molecular formula is C14H22NO+. The number of hydrogen-bond donors (Lipinski definition) is 0. The first-order valence-electron chi connectivity index (χ1n) is 5.67. The van der Waals surface area contributed by atoms with Crippen molar-refractivity contribution in [1.82, 2.24) is 0 Å². The van der Waals surface area contributed by atoms with Crippen LogP contribution in [0.25, 0.3) is 6.08 Å². The van der Waals surface area contributed by atoms with E-state index in [0.29, 0.717) is 0 Å². The molecule has 0 saturated heterocycles. The van der Waals surface area contributed by atoms with Crippen molar-refractivity contribution in [1.29, 1.82) is 0 Å². The van der Waals surface area contributed by atoms with Crippen LogP contribution in [0.1, 0.15) is 12.5 Å². The summed E-state index contributed by atoms with van der Waals surface area (Å²) >= 11 is 0. The first-order chi connectivity index (χ1) is 7.51. The Morgan fingerprint density at radius 3 is 2.62 bits per heavy atom. The Kier molecular flexibility index (Phi) is 4.56. The van der Waals surface area contributed by atoms with Gasteiger partial charge in [0.2, 0.25) is 0 Å². The average Bonchev–Trinajstić information content (AvgIpc) is 2.17. The lowest BCUT2D eigenvalue weighted by atomic mass is 10.2. The van der Waals surface area contributed by atoms with Gasteiger partial charge in [0.25, 0.3) is 0 Å². The third kappa shape index (κ3) is 4.99. The molecule has 0 atom stereocenters. The van der Waals surface area contributed by atoms with Crippen LogP contribution in [0, 0.1) is 0 Å². The molecule has 2 nitrogen and oxygen atoms in total. The van der Waals surface area contributed by atoms with Gasteiger partial charge < -0.3 is 9.22 Å². The molecule has 0 heterocycles. The van der Waals surface area contributed by atoms with Gasteiger partial charge in [0.05, 0.1) is 21.1 Å². The predicted octanol–water partition coefficient (Wildman–Crippen LogP) is 2.80. The van der Waals surface area contributed by atoms with Gasteiger partial charge in [-0.25, -0.2) is 0 Å². The number of quaternary nitrogens is 1. The first kappa shape index (κ1) is 12.8. The number of benzene rings is 1. The molecule has 0 aliphatic carbocycles. The van der Waals surface area contributed by atoms with Gasteiger partial charge in [-0.05, 0) is 24.6 Å². The number of ether oxygens (including phenoxy) is 1. The zero-order chi connectivity index (χ0) is 12.0. The maximum Gasteiger partial charge on any atom is 0.137 e. The SMILES string of the molecule is CC=Cc1cccc(OCC[N+](C)(C)C)c1. The molecule has 2 heteroatoms. The van der Waals surface area contributed by atoms with Crippen LogP contribution in [0.5, 0.6) is 5.75 Å². The van der Waals surface area contributed by atoms with Crippen molar-refractivity contribution in [3.05, 3.63) is 35.9 Å². The number of hydrogen-bond acceptors (Lipinski definition) is 1. The van der Waals surface area contributed by atoms with Gasteiger partial charge in [-0.1, -0.05) is 24.3 Å². The summed E-state index contributed by atoms with van der Waals surface area (Å²) < 4.78 is 6.64. The summed E-state index contributed by atoms with van der Waals surface area (Å²) in [5.74, 6) is 0.948. The second-order valence-corrected chi connectivity index (χ2v) is 4.93. The minimum absolute atomic E-state index is 0.753. The van der Waals surface area contributed by atoms with E-state index in [1.54, 1.807) is 0 Å². The van der Waals surface area contributed by atoms with Crippen LogP contribution in [0.15, 0.2) is 30.3 Å². The van der Waals surface area contributed by atoms with Gasteiger partial charge in [0.15, 0.2) is 0 Å². The van der Waals surface area contributed by atoms with Crippen LogP contribution in [0.3, 0.4) is 0 Å². The van der Waals surface area contributed by atoms with Crippen LogP contribution in [-0.4, -0.2) is 38.8 Å². The molecule has 0 spiro atoms. The van der Waals surface area contributed by atoms with E-state index >= 15 is 0 Å². The van der Waals surface area contributed by atoms with Gasteiger partial charge >= 0.3 is 0 Å². The van der Waals surface area contributed by atoms with Gasteiger partial charge in [0.1, 0.15) is 18.9 Å². The third-order valence-corrected chi connectivity index (χ3v) is 2.25. The highest BCUT2D eigenvalue weighted by Gasteiger charge is 2.06. The van der Waals surface area contributed by atoms with Gasteiger partial charge in [-0.2, -0.15) is 0 Å². The topological polar surface area (TPSA) is 9.23 Å². The smallest absolute Gasteiger partial charge is 0.137 e. The molecule has 0 aliphatic rings. The monoisotopic (exact) mass is 220 g/mol. The zero-order valence-corrected chi connectivity index (χ0v) is 10.7. The van der Waals surface area contributed by atoms with Crippen molar-refractivity contribution in [3.8, 4) is 5.75 Å². The Morgan fingerprint density at radius 2 is 2.00 bits per heavy atom. The van der Waals surface area contributed by atoms with E-state index in [2.05, 4.69) is 39.4 Å². The van der Waals surface area contributed by atoms with Crippen LogP contribution in [0.4, 0.5) is 0 Å². The fourth-order valence-electron chi connectivity index (χ4n) is 1.34. The van der Waals surface area contributed by atoms with Crippen molar-refractivity contribution < 1.29 is 9.22 Å². The molecule has 0 fully saturated rings. The van der Waals surface area contributed by atoms with Crippen LogP contribution >= 0.6 is 0 Å². The number of likely N-dealkylation sites (N-methyl/N-ethyl adjacent to an activating group) is 1. The number of nitrogens with zero attached hydrogens (tertiary/aromatic N) is 1. The summed E-state index contributed by atoms with van der Waals surface area (Å²) in [6.45, 7) is 3.78. The summed E-state index contributed by atoms with van der Waals surface area (Å²) in [5.41, 5.74) is 1.19. The maximum atomic E-state index is 5.72. The third-order valence-electron chi connectivity index (χ3n) is 2.25. The highest BCUT2D eigenvalue weighted by Crippen LogP contribution is 2.14. The lowest BCUT2D eigenvalue weighted by Crippen LogP contribution is -2.38. The molecular weight excluding hydrogens is 198 g/mol.